The molecule has 0 saturated carbocycles. The van der Waals surface area contributed by atoms with Gasteiger partial charge >= 0.3 is 0 Å². The Bertz CT molecular complexity index is 1770. The van der Waals surface area contributed by atoms with Crippen LogP contribution in [0.5, 0.6) is 0 Å². The van der Waals surface area contributed by atoms with Crippen LogP contribution in [0, 0.1) is 0 Å². The van der Waals surface area contributed by atoms with E-state index in [9.17, 15) is 9.59 Å². The first-order valence-corrected chi connectivity index (χ1v) is 14.8. The molecule has 0 aliphatic rings. The van der Waals surface area contributed by atoms with Gasteiger partial charge < -0.3 is 16.0 Å². The van der Waals surface area contributed by atoms with Gasteiger partial charge in [-0.15, -0.1) is 12.4 Å². The van der Waals surface area contributed by atoms with Crippen molar-refractivity contribution in [1.29, 1.82) is 0 Å². The highest BCUT2D eigenvalue weighted by Gasteiger charge is 2.15. The highest BCUT2D eigenvalue weighted by atomic mass is 35.5. The molecule has 0 saturated heterocycles. The molecule has 8 heteroatoms. The molecule has 0 spiro atoms. The second-order valence-corrected chi connectivity index (χ2v) is 10.5. The third kappa shape index (κ3) is 7.52. The lowest BCUT2D eigenvalue weighted by Crippen LogP contribution is -2.33. The molecule has 0 aliphatic heterocycles. The maximum Gasteiger partial charge on any atom is 0.252 e. The van der Waals surface area contributed by atoms with Gasteiger partial charge in [0.1, 0.15) is 0 Å². The molecule has 2 aromatic heterocycles. The monoisotopic (exact) mass is 615 g/mol. The normalized spacial score (nSPS) is 10.8. The summed E-state index contributed by atoms with van der Waals surface area (Å²) in [5, 5.41) is 11.1. The molecule has 0 radical (unpaired) electrons. The van der Waals surface area contributed by atoms with Gasteiger partial charge in [0.25, 0.3) is 11.8 Å². The number of fused-ring (bicyclic) bond motifs is 2. The van der Waals surface area contributed by atoms with Crippen molar-refractivity contribution in [1.82, 2.24) is 25.9 Å². The second-order valence-electron chi connectivity index (χ2n) is 10.5. The van der Waals surface area contributed by atoms with E-state index < -0.39 is 0 Å². The number of aromatic nitrogens is 2. The highest BCUT2D eigenvalue weighted by molar-refractivity contribution is 6.08. The van der Waals surface area contributed by atoms with Gasteiger partial charge in [-0.3, -0.25) is 9.59 Å². The standard InChI is InChI=1S/C37H33N5O2.ClH/c43-36(30-24-34(26-12-3-1-4-13-26)41-32-18-9-7-16-28(30)32)39-21-11-20-38-22-23-40-37(44)31-25-35(27-14-5-2-6-15-27)42-33-19-10-8-17-29(31)33;/h1-10,12-19,24-25,38H,11,20-23H2,(H,39,43)(H,40,44);1H. The minimum absolute atomic E-state index is 0. The van der Waals surface area contributed by atoms with Crippen molar-refractivity contribution < 1.29 is 9.59 Å². The van der Waals surface area contributed by atoms with Crippen LogP contribution in [0.1, 0.15) is 27.1 Å². The fourth-order valence-electron chi connectivity index (χ4n) is 5.24. The number of para-hydroxylation sites is 2. The molecule has 0 atom stereocenters. The fourth-order valence-corrected chi connectivity index (χ4v) is 5.24. The zero-order valence-corrected chi connectivity index (χ0v) is 25.5. The molecule has 45 heavy (non-hydrogen) atoms. The third-order valence-electron chi connectivity index (χ3n) is 7.46. The van der Waals surface area contributed by atoms with Crippen LogP contribution in [-0.2, 0) is 0 Å². The molecule has 0 fully saturated rings. The number of nitrogens with zero attached hydrogens (tertiary/aromatic N) is 2. The zero-order valence-electron chi connectivity index (χ0n) is 24.7. The molecule has 6 aromatic rings. The lowest BCUT2D eigenvalue weighted by Gasteiger charge is -2.12. The van der Waals surface area contributed by atoms with Gasteiger partial charge in [-0.25, -0.2) is 9.97 Å². The molecule has 226 valence electrons. The van der Waals surface area contributed by atoms with Crippen LogP contribution >= 0.6 is 12.4 Å². The zero-order chi connectivity index (χ0) is 30.1. The van der Waals surface area contributed by atoms with E-state index in [1.54, 1.807) is 0 Å². The number of amides is 2. The van der Waals surface area contributed by atoms with Gasteiger partial charge in [0, 0.05) is 41.5 Å². The summed E-state index contributed by atoms with van der Waals surface area (Å²) in [5.41, 5.74) is 6.28. The van der Waals surface area contributed by atoms with Crippen molar-refractivity contribution in [3.8, 4) is 22.5 Å². The third-order valence-corrected chi connectivity index (χ3v) is 7.46. The Hall–Kier alpha value is -5.11. The van der Waals surface area contributed by atoms with Crippen LogP contribution in [0.15, 0.2) is 121 Å². The second kappa shape index (κ2) is 15.1. The Kier molecular flexibility index (Phi) is 10.5. The summed E-state index contributed by atoms with van der Waals surface area (Å²) in [6.07, 6.45) is 0.754. The van der Waals surface area contributed by atoms with Crippen LogP contribution < -0.4 is 16.0 Å². The molecule has 2 amide bonds. The SMILES string of the molecule is Cl.O=C(NCCCNCCNC(=O)c1cc(-c2ccccc2)nc2ccccc12)c1cc(-c2ccccc2)nc2ccccc12. The largest absolute Gasteiger partial charge is 0.352 e. The highest BCUT2D eigenvalue weighted by Crippen LogP contribution is 2.26. The number of halogens is 1. The molecule has 7 nitrogen and oxygen atoms in total. The van der Waals surface area contributed by atoms with E-state index in [-0.39, 0.29) is 24.2 Å². The predicted octanol–water partition coefficient (Wildman–Crippen LogP) is 6.68. The summed E-state index contributed by atoms with van der Waals surface area (Å²) in [7, 11) is 0. The number of carbonyl (C=O) groups is 2. The van der Waals surface area contributed by atoms with E-state index in [4.69, 9.17) is 9.97 Å². The minimum atomic E-state index is -0.130. The van der Waals surface area contributed by atoms with Crippen LogP contribution in [0.4, 0.5) is 0 Å². The van der Waals surface area contributed by atoms with Crippen LogP contribution in [-0.4, -0.2) is 48.0 Å². The Morgan fingerprint density at radius 2 is 0.956 bits per heavy atom. The number of rotatable bonds is 11. The van der Waals surface area contributed by atoms with E-state index in [0.29, 0.717) is 37.3 Å². The number of hydrogen-bond donors (Lipinski definition) is 3. The maximum atomic E-state index is 13.2. The van der Waals surface area contributed by atoms with Crippen molar-refractivity contribution in [2.24, 2.45) is 0 Å². The summed E-state index contributed by atoms with van der Waals surface area (Å²) in [6.45, 7) is 2.33. The lowest BCUT2D eigenvalue weighted by atomic mass is 10.0. The quantitative estimate of drug-likeness (QED) is 0.141. The summed E-state index contributed by atoms with van der Waals surface area (Å²) in [4.78, 5) is 35.9. The van der Waals surface area contributed by atoms with Crippen molar-refractivity contribution in [3.05, 3.63) is 132 Å². The number of hydrogen-bond acceptors (Lipinski definition) is 5. The van der Waals surface area contributed by atoms with Gasteiger partial charge in [0.2, 0.25) is 0 Å². The first-order valence-electron chi connectivity index (χ1n) is 14.8. The van der Waals surface area contributed by atoms with E-state index >= 15 is 0 Å². The van der Waals surface area contributed by atoms with Crippen LogP contribution in [0.2, 0.25) is 0 Å². The topological polar surface area (TPSA) is 96.0 Å². The van der Waals surface area contributed by atoms with Gasteiger partial charge in [0.05, 0.1) is 33.5 Å². The first kappa shape index (κ1) is 31.3. The smallest absolute Gasteiger partial charge is 0.252 e. The summed E-state index contributed by atoms with van der Waals surface area (Å²) < 4.78 is 0. The molecule has 0 bridgehead atoms. The van der Waals surface area contributed by atoms with Crippen molar-refractivity contribution in [3.63, 3.8) is 0 Å². The van der Waals surface area contributed by atoms with E-state index in [0.717, 1.165) is 50.7 Å². The maximum absolute atomic E-state index is 13.2. The Labute approximate surface area is 268 Å². The number of carbonyl (C=O) groups excluding carboxylic acids is 2. The number of pyridine rings is 2. The number of benzene rings is 4. The lowest BCUT2D eigenvalue weighted by molar-refractivity contribution is 0.0945. The van der Waals surface area contributed by atoms with Crippen molar-refractivity contribution >= 4 is 46.0 Å². The van der Waals surface area contributed by atoms with Gasteiger partial charge in [-0.05, 0) is 37.2 Å². The van der Waals surface area contributed by atoms with Crippen LogP contribution in [0.25, 0.3) is 44.3 Å². The minimum Gasteiger partial charge on any atom is -0.352 e. The van der Waals surface area contributed by atoms with Crippen molar-refractivity contribution in [2.45, 2.75) is 6.42 Å². The summed E-state index contributed by atoms with van der Waals surface area (Å²) >= 11 is 0. The van der Waals surface area contributed by atoms with Gasteiger partial charge in [-0.2, -0.15) is 0 Å². The number of nitrogens with one attached hydrogen (secondary N) is 3. The van der Waals surface area contributed by atoms with Gasteiger partial charge in [-0.1, -0.05) is 97.1 Å². The Balaban J connectivity index is 0.00000400. The molecule has 3 N–H and O–H groups in total. The Morgan fingerprint density at radius 1 is 0.511 bits per heavy atom. The van der Waals surface area contributed by atoms with Crippen molar-refractivity contribution in [2.75, 3.05) is 26.2 Å². The summed E-state index contributed by atoms with van der Waals surface area (Å²) in [5.74, 6) is -0.248. The molecular weight excluding hydrogens is 582 g/mol. The van der Waals surface area contributed by atoms with Crippen LogP contribution in [0.3, 0.4) is 0 Å². The first-order chi connectivity index (χ1) is 21.7. The fraction of sp³-hybridized carbons (Fsp3) is 0.135. The summed E-state index contributed by atoms with van der Waals surface area (Å²) in [6, 6.07) is 38.9. The average molecular weight is 616 g/mol. The molecule has 0 aliphatic carbocycles. The Morgan fingerprint density at radius 3 is 1.47 bits per heavy atom. The molecule has 4 aromatic carbocycles. The average Bonchev–Trinajstić information content (AvgIpc) is 3.09. The van der Waals surface area contributed by atoms with E-state index in [2.05, 4.69) is 16.0 Å². The molecule has 2 heterocycles. The molecular formula is C37H34ClN5O2. The molecule has 6 rings (SSSR count). The van der Waals surface area contributed by atoms with Gasteiger partial charge in [0.15, 0.2) is 0 Å². The predicted molar refractivity (Wildman–Crippen MR) is 184 cm³/mol. The van der Waals surface area contributed by atoms with E-state index in [1.165, 1.54) is 0 Å². The van der Waals surface area contributed by atoms with E-state index in [1.807, 2.05) is 121 Å². The molecule has 0 unspecified atom stereocenters.